The predicted octanol–water partition coefficient (Wildman–Crippen LogP) is 1.45. The summed E-state index contributed by atoms with van der Waals surface area (Å²) < 4.78 is 9.70. The molecule has 1 unspecified atom stereocenters. The lowest BCUT2D eigenvalue weighted by Crippen LogP contribution is -1.78. The van der Waals surface area contributed by atoms with Gasteiger partial charge < -0.3 is 9.47 Å². The molecule has 0 aromatic carbocycles. The van der Waals surface area contributed by atoms with Gasteiger partial charge in [-0.2, -0.15) is 0 Å². The van der Waals surface area contributed by atoms with Gasteiger partial charge >= 0.3 is 0 Å². The van der Waals surface area contributed by atoms with Crippen molar-refractivity contribution in [1.29, 1.82) is 0 Å². The molecule has 0 aromatic rings. The third-order valence-corrected chi connectivity index (χ3v) is 1.07. The second-order valence-corrected chi connectivity index (χ2v) is 1.87. The fourth-order valence-electron chi connectivity index (χ4n) is 0.523. The zero-order valence-corrected chi connectivity index (χ0v) is 5.25. The summed E-state index contributed by atoms with van der Waals surface area (Å²) in [5.74, 6) is 0. The minimum absolute atomic E-state index is 0.453. The summed E-state index contributed by atoms with van der Waals surface area (Å²) in [6.45, 7) is 4.29. The number of hydrogen-bond acceptors (Lipinski definition) is 2. The van der Waals surface area contributed by atoms with E-state index in [4.69, 9.17) is 9.47 Å². The normalized spacial score (nSPS) is 24.2. The van der Waals surface area contributed by atoms with E-state index >= 15 is 0 Å². The first-order valence-corrected chi connectivity index (χ1v) is 2.96. The van der Waals surface area contributed by atoms with Crippen molar-refractivity contribution in [3.63, 3.8) is 0 Å². The highest BCUT2D eigenvalue weighted by Gasteiger charge is 2.19. The van der Waals surface area contributed by atoms with E-state index in [1.54, 1.807) is 6.26 Å². The quantitative estimate of drug-likeness (QED) is 0.420. The van der Waals surface area contributed by atoms with Crippen molar-refractivity contribution in [2.45, 2.75) is 12.5 Å². The Labute approximate surface area is 54.8 Å². The van der Waals surface area contributed by atoms with Crippen molar-refractivity contribution < 1.29 is 9.47 Å². The van der Waals surface area contributed by atoms with E-state index < -0.39 is 0 Å². The summed E-state index contributed by atoms with van der Waals surface area (Å²) in [7, 11) is 0. The molecule has 2 heteroatoms. The molecule has 0 aliphatic carbocycles. The predicted molar refractivity (Wildman–Crippen MR) is 34.8 cm³/mol. The maximum absolute atomic E-state index is 4.96. The van der Waals surface area contributed by atoms with Crippen LogP contribution in [0.5, 0.6) is 0 Å². The molecular formula is C7H10O2. The lowest BCUT2D eigenvalue weighted by atomic mass is 10.3. The van der Waals surface area contributed by atoms with Crippen LogP contribution in [0.4, 0.5) is 0 Å². The Morgan fingerprint density at radius 3 is 3.11 bits per heavy atom. The molecule has 1 rings (SSSR count). The maximum atomic E-state index is 4.96. The third kappa shape index (κ3) is 2.93. The van der Waals surface area contributed by atoms with E-state index in [1.165, 1.54) is 6.26 Å². The van der Waals surface area contributed by atoms with Crippen molar-refractivity contribution in [3.05, 3.63) is 25.2 Å². The fraction of sp³-hybridized carbons (Fsp3) is 0.429. The highest BCUT2D eigenvalue weighted by atomic mass is 16.6. The first kappa shape index (κ1) is 6.36. The Morgan fingerprint density at radius 1 is 1.78 bits per heavy atom. The van der Waals surface area contributed by atoms with Crippen molar-refractivity contribution in [1.82, 2.24) is 0 Å². The molecule has 1 saturated heterocycles. The Morgan fingerprint density at radius 2 is 2.56 bits per heavy atom. The molecule has 1 fully saturated rings. The average molecular weight is 126 g/mol. The molecule has 1 aliphatic heterocycles. The molecule has 0 bridgehead atoms. The summed E-state index contributed by atoms with van der Waals surface area (Å²) in [6.07, 6.45) is 6.35. The zero-order chi connectivity index (χ0) is 6.53. The molecule has 1 aliphatic rings. The molecule has 0 saturated carbocycles. The van der Waals surface area contributed by atoms with Crippen LogP contribution in [0.15, 0.2) is 25.2 Å². The molecule has 0 amide bonds. The number of epoxide rings is 1. The van der Waals surface area contributed by atoms with Gasteiger partial charge in [0, 0.05) is 0 Å². The first-order chi connectivity index (χ1) is 4.43. The van der Waals surface area contributed by atoms with Crippen LogP contribution in [0.25, 0.3) is 0 Å². The van der Waals surface area contributed by atoms with Crippen LogP contribution < -0.4 is 0 Å². The SMILES string of the molecule is C=CO/C=C/CC1CO1. The molecule has 0 aromatic heterocycles. The first-order valence-electron chi connectivity index (χ1n) is 2.96. The summed E-state index contributed by atoms with van der Waals surface area (Å²) in [5.41, 5.74) is 0. The monoisotopic (exact) mass is 126 g/mol. The molecule has 9 heavy (non-hydrogen) atoms. The van der Waals surface area contributed by atoms with Crippen LogP contribution in [-0.2, 0) is 9.47 Å². The lowest BCUT2D eigenvalue weighted by Gasteiger charge is -1.85. The highest BCUT2D eigenvalue weighted by Crippen LogP contribution is 2.13. The molecule has 1 heterocycles. The Balaban J connectivity index is 1.94. The van der Waals surface area contributed by atoms with Gasteiger partial charge in [0.1, 0.15) is 0 Å². The molecule has 0 N–H and O–H groups in total. The summed E-state index contributed by atoms with van der Waals surface area (Å²) in [6, 6.07) is 0. The molecule has 0 spiro atoms. The Hall–Kier alpha value is -0.760. The smallest absolute Gasteiger partial charge is 0.0862 e. The summed E-state index contributed by atoms with van der Waals surface area (Å²) >= 11 is 0. The largest absolute Gasteiger partial charge is 0.474 e. The van der Waals surface area contributed by atoms with Crippen LogP contribution in [-0.4, -0.2) is 12.7 Å². The number of ether oxygens (including phenoxy) is 2. The van der Waals surface area contributed by atoms with Gasteiger partial charge in [0.15, 0.2) is 0 Å². The maximum Gasteiger partial charge on any atom is 0.0862 e. The van der Waals surface area contributed by atoms with Gasteiger partial charge in [0.25, 0.3) is 0 Å². The van der Waals surface area contributed by atoms with E-state index in [0.717, 1.165) is 13.0 Å². The molecular weight excluding hydrogens is 116 g/mol. The van der Waals surface area contributed by atoms with Crippen molar-refractivity contribution in [2.24, 2.45) is 0 Å². The standard InChI is InChI=1S/C7H10O2/c1-2-8-5-3-4-7-6-9-7/h2-3,5,7H,1,4,6H2/b5-3+. The average Bonchev–Trinajstić information content (AvgIpc) is 2.63. The third-order valence-electron chi connectivity index (χ3n) is 1.07. The topological polar surface area (TPSA) is 21.8 Å². The van der Waals surface area contributed by atoms with Crippen LogP contribution >= 0.6 is 0 Å². The second-order valence-electron chi connectivity index (χ2n) is 1.87. The van der Waals surface area contributed by atoms with Crippen LogP contribution in [0.2, 0.25) is 0 Å². The van der Waals surface area contributed by atoms with E-state index in [1.807, 2.05) is 6.08 Å². The van der Waals surface area contributed by atoms with Crippen molar-refractivity contribution >= 4 is 0 Å². The van der Waals surface area contributed by atoms with Gasteiger partial charge in [0.05, 0.1) is 25.2 Å². The van der Waals surface area contributed by atoms with Gasteiger partial charge in [-0.25, -0.2) is 0 Å². The van der Waals surface area contributed by atoms with E-state index in [2.05, 4.69) is 6.58 Å². The van der Waals surface area contributed by atoms with Gasteiger partial charge in [-0.3, -0.25) is 0 Å². The van der Waals surface area contributed by atoms with Gasteiger partial charge in [0.2, 0.25) is 0 Å². The molecule has 1 atom stereocenters. The van der Waals surface area contributed by atoms with Gasteiger partial charge in [-0.05, 0) is 12.5 Å². The van der Waals surface area contributed by atoms with Crippen LogP contribution in [0.1, 0.15) is 6.42 Å². The molecule has 2 nitrogen and oxygen atoms in total. The lowest BCUT2D eigenvalue weighted by molar-refractivity contribution is 0.391. The highest BCUT2D eigenvalue weighted by molar-refractivity contribution is 4.83. The van der Waals surface area contributed by atoms with E-state index in [9.17, 15) is 0 Å². The second kappa shape index (κ2) is 3.30. The summed E-state index contributed by atoms with van der Waals surface area (Å²) in [5, 5.41) is 0. The molecule has 0 radical (unpaired) electrons. The van der Waals surface area contributed by atoms with Crippen molar-refractivity contribution in [2.75, 3.05) is 6.61 Å². The minimum Gasteiger partial charge on any atom is -0.474 e. The van der Waals surface area contributed by atoms with Crippen molar-refractivity contribution in [3.8, 4) is 0 Å². The van der Waals surface area contributed by atoms with E-state index in [-0.39, 0.29) is 0 Å². The van der Waals surface area contributed by atoms with Crippen LogP contribution in [0.3, 0.4) is 0 Å². The van der Waals surface area contributed by atoms with Gasteiger partial charge in [-0.15, -0.1) is 0 Å². The molecule has 50 valence electrons. The Kier molecular flexibility index (Phi) is 2.33. The number of hydrogen-bond donors (Lipinski definition) is 0. The summed E-state index contributed by atoms with van der Waals surface area (Å²) in [4.78, 5) is 0. The van der Waals surface area contributed by atoms with E-state index in [0.29, 0.717) is 6.10 Å². The fourth-order valence-corrected chi connectivity index (χ4v) is 0.523. The Bertz CT molecular complexity index is 114. The number of rotatable bonds is 4. The van der Waals surface area contributed by atoms with Gasteiger partial charge in [-0.1, -0.05) is 6.58 Å². The van der Waals surface area contributed by atoms with Crippen LogP contribution in [0, 0.1) is 0 Å². The zero-order valence-electron chi connectivity index (χ0n) is 5.25. The minimum atomic E-state index is 0.453.